The Labute approximate surface area is 50.3 Å². The quantitative estimate of drug-likeness (QED) is 0.539. The van der Waals surface area contributed by atoms with E-state index in [1.807, 2.05) is 6.08 Å². The average Bonchev–Trinajstić information content (AvgIpc) is 1.41. The van der Waals surface area contributed by atoms with Crippen molar-refractivity contribution in [1.82, 2.24) is 0 Å². The first-order valence-corrected chi connectivity index (χ1v) is 17.4. The number of rotatable bonds is 2. The van der Waals surface area contributed by atoms with Crippen LogP contribution in [0.2, 0.25) is 3.93 Å². The Morgan fingerprint density at radius 2 is 2.60 bits per heavy atom. The van der Waals surface area contributed by atoms with Crippen molar-refractivity contribution in [3.8, 4) is 0 Å². The summed E-state index contributed by atoms with van der Waals surface area (Å²) in [6, 6.07) is 0. The van der Waals surface area contributed by atoms with Gasteiger partial charge in [-0.2, -0.15) is 0 Å². The van der Waals surface area contributed by atoms with Crippen molar-refractivity contribution >= 4 is 11.9 Å². The molecular formula is C3H5BrHg. The third kappa shape index (κ3) is 5.16. The second-order valence-corrected chi connectivity index (χ2v) is 11.4. The van der Waals surface area contributed by atoms with E-state index in [0.29, 0.717) is 0 Å². The predicted molar refractivity (Wildman–Crippen MR) is 23.9 cm³/mol. The van der Waals surface area contributed by atoms with Gasteiger partial charge < -0.3 is 0 Å². The molecule has 0 heterocycles. The summed E-state index contributed by atoms with van der Waals surface area (Å²) in [5.74, 6) is 0. The summed E-state index contributed by atoms with van der Waals surface area (Å²) >= 11 is 3.01. The molecule has 0 spiro atoms. The molecule has 0 nitrogen and oxygen atoms in total. The first-order chi connectivity index (χ1) is 2.41. The number of hydrogen-bond acceptors (Lipinski definition) is 0. The molecule has 0 saturated heterocycles. The Balaban J connectivity index is 2.40. The summed E-state index contributed by atoms with van der Waals surface area (Å²) in [5.41, 5.74) is 0. The van der Waals surface area contributed by atoms with Crippen LogP contribution in [-0.4, -0.2) is 0 Å². The Bertz CT molecular complexity index is 28.1. The second kappa shape index (κ2) is 5.16. The van der Waals surface area contributed by atoms with Gasteiger partial charge in [0, 0.05) is 0 Å². The molecule has 0 radical (unpaired) electrons. The zero-order chi connectivity index (χ0) is 4.12. The molecule has 0 aliphatic rings. The van der Waals surface area contributed by atoms with Gasteiger partial charge in [-0.25, -0.2) is 0 Å². The monoisotopic (exact) mass is 322 g/mol. The van der Waals surface area contributed by atoms with Crippen LogP contribution in [0.15, 0.2) is 12.7 Å². The summed E-state index contributed by atoms with van der Waals surface area (Å²) in [6.07, 6.45) is 1.98. The van der Waals surface area contributed by atoms with Gasteiger partial charge >= 0.3 is 50.6 Å². The molecule has 0 aromatic rings. The molecule has 2 heteroatoms. The van der Waals surface area contributed by atoms with Crippen molar-refractivity contribution in [3.05, 3.63) is 12.7 Å². The molecule has 0 unspecified atom stereocenters. The van der Waals surface area contributed by atoms with Crippen molar-refractivity contribution in [2.24, 2.45) is 0 Å². The molecule has 0 aromatic heterocycles. The Kier molecular flexibility index (Phi) is 6.35. The fourth-order valence-corrected chi connectivity index (χ4v) is 3.52. The van der Waals surface area contributed by atoms with Crippen LogP contribution in [0.25, 0.3) is 0 Å². The van der Waals surface area contributed by atoms with Gasteiger partial charge in [0.1, 0.15) is 0 Å². The third-order valence-electron chi connectivity index (χ3n) is 0.313. The van der Waals surface area contributed by atoms with E-state index in [1.165, 1.54) is 3.93 Å². The molecule has 0 aliphatic carbocycles. The van der Waals surface area contributed by atoms with E-state index < -0.39 is 22.1 Å². The first kappa shape index (κ1) is 6.16. The summed E-state index contributed by atoms with van der Waals surface area (Å²) in [7, 11) is 0. The molecule has 0 saturated carbocycles. The van der Waals surface area contributed by atoms with Crippen molar-refractivity contribution in [2.75, 3.05) is 0 Å². The summed E-state index contributed by atoms with van der Waals surface area (Å²) in [6.45, 7) is 3.58. The zero-order valence-corrected chi connectivity index (χ0v) is 10.2. The minimum absolute atomic E-state index is 0.449. The normalized spacial score (nSPS) is 5.80. The molecule has 0 bridgehead atoms. The van der Waals surface area contributed by atoms with E-state index >= 15 is 0 Å². The molecule has 0 aliphatic heterocycles. The van der Waals surface area contributed by atoms with Crippen LogP contribution in [-0.2, 0) is 22.1 Å². The van der Waals surface area contributed by atoms with E-state index in [1.54, 1.807) is 0 Å². The fourth-order valence-electron chi connectivity index (χ4n) is 0.0772. The Morgan fingerprint density at radius 3 is 2.60 bits per heavy atom. The number of halogens is 1. The third-order valence-corrected chi connectivity index (χ3v) is 6.77. The predicted octanol–water partition coefficient (Wildman–Crippen LogP) is 1.98. The van der Waals surface area contributed by atoms with Gasteiger partial charge in [-0.05, 0) is 0 Å². The molecular weight excluding hydrogens is 317 g/mol. The first-order valence-electron chi connectivity index (χ1n) is 1.58. The van der Waals surface area contributed by atoms with E-state index in [9.17, 15) is 0 Å². The molecule has 0 fully saturated rings. The van der Waals surface area contributed by atoms with Crippen LogP contribution in [0.3, 0.4) is 0 Å². The van der Waals surface area contributed by atoms with Crippen LogP contribution in [0.1, 0.15) is 0 Å². The summed E-state index contributed by atoms with van der Waals surface area (Å²) < 4.78 is 1.29. The van der Waals surface area contributed by atoms with Crippen LogP contribution < -0.4 is 0 Å². The Hall–Kier alpha value is 1.16. The zero-order valence-electron chi connectivity index (χ0n) is 3.08. The Morgan fingerprint density at radius 1 is 2.00 bits per heavy atom. The standard InChI is InChI=1S/C3H5.BrH.Hg/c1-3-2;;/h3H,1-2H2;1H;/q;;+1/p-1. The molecule has 0 N–H and O–H groups in total. The van der Waals surface area contributed by atoms with Crippen LogP contribution in [0.5, 0.6) is 0 Å². The molecule has 0 atom stereocenters. The summed E-state index contributed by atoms with van der Waals surface area (Å²) in [4.78, 5) is 0. The summed E-state index contributed by atoms with van der Waals surface area (Å²) in [5, 5.41) is 0. The van der Waals surface area contributed by atoms with Crippen LogP contribution in [0, 0.1) is 0 Å². The fraction of sp³-hybridized carbons (Fsp3) is 0.333. The van der Waals surface area contributed by atoms with Crippen molar-refractivity contribution in [1.29, 1.82) is 0 Å². The van der Waals surface area contributed by atoms with E-state index in [-0.39, 0.29) is 0 Å². The molecule has 0 amide bonds. The second-order valence-electron chi connectivity index (χ2n) is 0.766. The SMILES string of the molecule is C=C[CH2][Hg][Br]. The van der Waals surface area contributed by atoms with Gasteiger partial charge in [0.25, 0.3) is 0 Å². The molecule has 5 heavy (non-hydrogen) atoms. The van der Waals surface area contributed by atoms with E-state index in [2.05, 4.69) is 18.5 Å². The van der Waals surface area contributed by atoms with Gasteiger partial charge in [0.05, 0.1) is 0 Å². The van der Waals surface area contributed by atoms with E-state index in [4.69, 9.17) is 0 Å². The van der Waals surface area contributed by atoms with Crippen molar-refractivity contribution in [3.63, 3.8) is 0 Å². The van der Waals surface area contributed by atoms with E-state index in [0.717, 1.165) is 0 Å². The maximum atomic E-state index is 3.58. The maximum absolute atomic E-state index is 3.58. The van der Waals surface area contributed by atoms with Crippen molar-refractivity contribution in [2.45, 2.75) is 3.93 Å². The van der Waals surface area contributed by atoms with Gasteiger partial charge in [0.2, 0.25) is 0 Å². The van der Waals surface area contributed by atoms with Crippen LogP contribution >= 0.6 is 11.9 Å². The number of allylic oxidation sites excluding steroid dienone is 1. The molecule has 0 aromatic carbocycles. The van der Waals surface area contributed by atoms with Gasteiger partial charge in [-0.1, -0.05) is 0 Å². The van der Waals surface area contributed by atoms with Crippen LogP contribution in [0.4, 0.5) is 0 Å². The topological polar surface area (TPSA) is 0 Å². The van der Waals surface area contributed by atoms with Gasteiger partial charge in [0.15, 0.2) is 0 Å². The van der Waals surface area contributed by atoms with Gasteiger partial charge in [-0.3, -0.25) is 0 Å². The minimum atomic E-state index is -0.449. The molecule has 0 rings (SSSR count). The van der Waals surface area contributed by atoms with Gasteiger partial charge in [-0.15, -0.1) is 0 Å². The number of hydrogen-bond donors (Lipinski definition) is 0. The van der Waals surface area contributed by atoms with Crippen molar-refractivity contribution < 1.29 is 22.1 Å². The molecule has 26 valence electrons. The average molecular weight is 322 g/mol.